The van der Waals surface area contributed by atoms with Crippen molar-refractivity contribution >= 4 is 60.9 Å². The highest BCUT2D eigenvalue weighted by molar-refractivity contribution is 6.11. The number of anilines is 3. The summed E-state index contributed by atoms with van der Waals surface area (Å²) in [7, 11) is 0. The number of benzene rings is 10. The van der Waals surface area contributed by atoms with Crippen molar-refractivity contribution in [1.29, 1.82) is 0 Å². The molecule has 0 saturated heterocycles. The SMILES string of the molecule is CC1(c2ccccc2)c2cc(N(c3ccc(-c4cccc5c4oc4ccccc45)cc3)c3ccccc3-c3ccccc3)ccc2-c2cccc(-c3cccc4c3oc3ccccc34)c21. The smallest absolute Gasteiger partial charge is 0.143 e. The van der Waals surface area contributed by atoms with Crippen LogP contribution in [0.2, 0.25) is 0 Å². The normalized spacial score (nSPS) is 14.3. The molecular formula is C62H41NO2. The Bertz CT molecular complexity index is 3790. The number of hydrogen-bond donors (Lipinski definition) is 0. The van der Waals surface area contributed by atoms with Gasteiger partial charge in [0.1, 0.15) is 22.3 Å². The molecule has 0 bridgehead atoms. The fraction of sp³-hybridized carbons (Fsp3) is 0.0323. The van der Waals surface area contributed by atoms with Crippen LogP contribution in [0, 0.1) is 0 Å². The lowest BCUT2D eigenvalue weighted by molar-refractivity contribution is 0.669. The van der Waals surface area contributed by atoms with E-state index in [1.54, 1.807) is 0 Å². The predicted molar refractivity (Wildman–Crippen MR) is 269 cm³/mol. The summed E-state index contributed by atoms with van der Waals surface area (Å²) in [5.41, 5.74) is 19.4. The lowest BCUT2D eigenvalue weighted by Gasteiger charge is -2.32. The molecule has 3 heteroatoms. The summed E-state index contributed by atoms with van der Waals surface area (Å²) in [5.74, 6) is 0. The first-order chi connectivity index (χ1) is 32.1. The minimum Gasteiger partial charge on any atom is -0.455 e. The molecule has 0 spiro atoms. The van der Waals surface area contributed by atoms with Gasteiger partial charge in [0.2, 0.25) is 0 Å². The number of rotatable bonds is 7. The zero-order valence-corrected chi connectivity index (χ0v) is 35.7. The van der Waals surface area contributed by atoms with Crippen molar-refractivity contribution in [2.24, 2.45) is 0 Å². The number of furan rings is 2. The van der Waals surface area contributed by atoms with Gasteiger partial charge in [0.05, 0.1) is 5.69 Å². The minimum absolute atomic E-state index is 0.507. The molecule has 0 N–H and O–H groups in total. The van der Waals surface area contributed by atoms with Gasteiger partial charge in [-0.3, -0.25) is 0 Å². The zero-order valence-electron chi connectivity index (χ0n) is 35.7. The monoisotopic (exact) mass is 831 g/mol. The second kappa shape index (κ2) is 14.6. The van der Waals surface area contributed by atoms with Gasteiger partial charge in [0.15, 0.2) is 0 Å². The third-order valence-electron chi connectivity index (χ3n) is 13.8. The summed E-state index contributed by atoms with van der Waals surface area (Å²) in [6, 6.07) is 83.0. The van der Waals surface area contributed by atoms with Crippen LogP contribution in [0.5, 0.6) is 0 Å². The third kappa shape index (κ3) is 5.69. The molecule has 10 aromatic carbocycles. The maximum Gasteiger partial charge on any atom is 0.143 e. The van der Waals surface area contributed by atoms with Crippen LogP contribution in [0.25, 0.3) is 88.4 Å². The van der Waals surface area contributed by atoms with Crippen LogP contribution in [0.3, 0.4) is 0 Å². The van der Waals surface area contributed by atoms with Crippen LogP contribution in [-0.4, -0.2) is 0 Å². The van der Waals surface area contributed by atoms with E-state index < -0.39 is 5.41 Å². The van der Waals surface area contributed by atoms with Gasteiger partial charge in [-0.05, 0) is 93.9 Å². The summed E-state index contributed by atoms with van der Waals surface area (Å²) < 4.78 is 13.2. The van der Waals surface area contributed by atoms with Gasteiger partial charge in [-0.2, -0.15) is 0 Å². The van der Waals surface area contributed by atoms with Crippen molar-refractivity contribution in [1.82, 2.24) is 0 Å². The van der Waals surface area contributed by atoms with Gasteiger partial charge < -0.3 is 13.7 Å². The molecule has 306 valence electrons. The summed E-state index contributed by atoms with van der Waals surface area (Å²) in [6.45, 7) is 2.41. The molecular weight excluding hydrogens is 791 g/mol. The summed E-state index contributed by atoms with van der Waals surface area (Å²) in [4.78, 5) is 2.43. The van der Waals surface area contributed by atoms with Gasteiger partial charge in [-0.15, -0.1) is 0 Å². The van der Waals surface area contributed by atoms with E-state index in [0.717, 1.165) is 88.8 Å². The van der Waals surface area contributed by atoms with Crippen LogP contribution >= 0.6 is 0 Å². The molecule has 2 heterocycles. The van der Waals surface area contributed by atoms with Crippen LogP contribution in [-0.2, 0) is 5.41 Å². The quantitative estimate of drug-likeness (QED) is 0.160. The number of hydrogen-bond acceptors (Lipinski definition) is 3. The molecule has 0 radical (unpaired) electrons. The van der Waals surface area contributed by atoms with Crippen molar-refractivity contribution < 1.29 is 8.83 Å². The Morgan fingerprint density at radius 1 is 0.354 bits per heavy atom. The molecule has 1 unspecified atom stereocenters. The first kappa shape index (κ1) is 37.2. The maximum absolute atomic E-state index is 6.70. The molecule has 0 saturated carbocycles. The predicted octanol–water partition coefficient (Wildman–Crippen LogP) is 17.3. The first-order valence-electron chi connectivity index (χ1n) is 22.3. The highest BCUT2D eigenvalue weighted by atomic mass is 16.3. The Morgan fingerprint density at radius 3 is 1.55 bits per heavy atom. The van der Waals surface area contributed by atoms with Gasteiger partial charge >= 0.3 is 0 Å². The Labute approximate surface area is 377 Å². The van der Waals surface area contributed by atoms with E-state index in [0.29, 0.717) is 0 Å². The van der Waals surface area contributed by atoms with Crippen LogP contribution in [0.1, 0.15) is 23.6 Å². The van der Waals surface area contributed by atoms with Crippen LogP contribution < -0.4 is 4.90 Å². The second-order valence-corrected chi connectivity index (χ2v) is 17.3. The Kier molecular flexibility index (Phi) is 8.34. The van der Waals surface area contributed by atoms with Crippen molar-refractivity contribution in [2.75, 3.05) is 4.90 Å². The minimum atomic E-state index is -0.507. The highest BCUT2D eigenvalue weighted by Gasteiger charge is 2.43. The average molecular weight is 832 g/mol. The number of fused-ring (bicyclic) bond motifs is 9. The van der Waals surface area contributed by atoms with E-state index in [-0.39, 0.29) is 0 Å². The molecule has 13 rings (SSSR count). The molecule has 1 aliphatic rings. The van der Waals surface area contributed by atoms with Crippen molar-refractivity contribution in [3.05, 3.63) is 247 Å². The largest absolute Gasteiger partial charge is 0.455 e. The lowest BCUT2D eigenvalue weighted by Crippen LogP contribution is -2.24. The number of nitrogens with zero attached hydrogens (tertiary/aromatic N) is 1. The second-order valence-electron chi connectivity index (χ2n) is 17.3. The van der Waals surface area contributed by atoms with Crippen molar-refractivity contribution in [3.63, 3.8) is 0 Å². The van der Waals surface area contributed by atoms with Crippen molar-refractivity contribution in [2.45, 2.75) is 12.3 Å². The molecule has 2 aromatic heterocycles. The summed E-state index contributed by atoms with van der Waals surface area (Å²) >= 11 is 0. The molecule has 1 aliphatic carbocycles. The highest BCUT2D eigenvalue weighted by Crippen LogP contribution is 2.57. The molecule has 12 aromatic rings. The van der Waals surface area contributed by atoms with E-state index in [1.165, 1.54) is 33.4 Å². The molecule has 0 aliphatic heterocycles. The Morgan fingerprint density at radius 2 is 0.846 bits per heavy atom. The lowest BCUT2D eigenvalue weighted by atomic mass is 9.72. The van der Waals surface area contributed by atoms with E-state index in [2.05, 4.69) is 224 Å². The van der Waals surface area contributed by atoms with E-state index in [4.69, 9.17) is 8.83 Å². The summed E-state index contributed by atoms with van der Waals surface area (Å²) in [5, 5.41) is 4.51. The maximum atomic E-state index is 6.70. The average Bonchev–Trinajstić information content (AvgIpc) is 4.03. The van der Waals surface area contributed by atoms with Gasteiger partial charge in [0, 0.05) is 55.0 Å². The molecule has 0 fully saturated rings. The van der Waals surface area contributed by atoms with E-state index >= 15 is 0 Å². The Balaban J connectivity index is 1.01. The van der Waals surface area contributed by atoms with Gasteiger partial charge in [0.25, 0.3) is 0 Å². The Hall–Kier alpha value is -8.40. The van der Waals surface area contributed by atoms with Crippen molar-refractivity contribution in [3.8, 4) is 44.5 Å². The van der Waals surface area contributed by atoms with E-state index in [9.17, 15) is 0 Å². The molecule has 1 atom stereocenters. The topological polar surface area (TPSA) is 29.5 Å². The molecule has 65 heavy (non-hydrogen) atoms. The molecule has 3 nitrogen and oxygen atoms in total. The zero-order chi connectivity index (χ0) is 43.1. The summed E-state index contributed by atoms with van der Waals surface area (Å²) in [6.07, 6.45) is 0. The van der Waals surface area contributed by atoms with E-state index in [1.807, 2.05) is 18.2 Å². The number of para-hydroxylation sites is 5. The molecule has 0 amide bonds. The first-order valence-corrected chi connectivity index (χ1v) is 22.3. The van der Waals surface area contributed by atoms with Crippen LogP contribution in [0.4, 0.5) is 17.1 Å². The fourth-order valence-corrected chi connectivity index (χ4v) is 10.7. The van der Waals surface area contributed by atoms with Gasteiger partial charge in [-0.1, -0.05) is 188 Å². The third-order valence-corrected chi connectivity index (χ3v) is 13.8. The van der Waals surface area contributed by atoms with Gasteiger partial charge in [-0.25, -0.2) is 0 Å². The standard InChI is InChI=1S/C62H41NO2/c1-62(42-19-6-3-7-20-42)55-39-44(37-38-47(55)50-25-15-26-51(59(50)62)54-29-16-28-53-49-23-10-13-32-58(49)65-61(53)54)63(56-30-11-8-21-45(56)40-17-4-2-5-18-40)43-35-33-41(34-36-43)46-24-14-27-52-48-22-9-12-31-57(48)64-60(46)52/h2-39H,1H3. The fourth-order valence-electron chi connectivity index (χ4n) is 10.7. The van der Waals surface area contributed by atoms with Crippen LogP contribution in [0.15, 0.2) is 239 Å².